The molecule has 1 atom stereocenters. The normalized spacial score (nSPS) is 18.4. The molecule has 3 amide bonds. The standard InChI is InChI=1S/C20H27N3O5/c1-3-22(4-2)20(26)14-7-8-17-16(10-14)23(19(25)13-28-17)12-18(24)21-11-15-6-5-9-27-15/h7-8,10,15H,3-6,9,11-13H2,1-2H3,(H,21,24). The molecule has 0 bridgehead atoms. The summed E-state index contributed by atoms with van der Waals surface area (Å²) in [4.78, 5) is 40.5. The highest BCUT2D eigenvalue weighted by Crippen LogP contribution is 2.33. The van der Waals surface area contributed by atoms with Crippen molar-refractivity contribution in [3.63, 3.8) is 0 Å². The summed E-state index contributed by atoms with van der Waals surface area (Å²) >= 11 is 0. The van der Waals surface area contributed by atoms with E-state index in [2.05, 4.69) is 5.32 Å². The van der Waals surface area contributed by atoms with E-state index in [4.69, 9.17) is 9.47 Å². The zero-order chi connectivity index (χ0) is 20.1. The van der Waals surface area contributed by atoms with Gasteiger partial charge in [0.1, 0.15) is 12.3 Å². The van der Waals surface area contributed by atoms with Gasteiger partial charge in [0.15, 0.2) is 6.61 Å². The van der Waals surface area contributed by atoms with Crippen molar-refractivity contribution in [3.8, 4) is 5.75 Å². The number of nitrogens with one attached hydrogen (secondary N) is 1. The number of fused-ring (bicyclic) bond motifs is 1. The van der Waals surface area contributed by atoms with Gasteiger partial charge < -0.3 is 19.7 Å². The summed E-state index contributed by atoms with van der Waals surface area (Å²) in [6.45, 7) is 5.92. The topological polar surface area (TPSA) is 88.2 Å². The Labute approximate surface area is 164 Å². The van der Waals surface area contributed by atoms with Gasteiger partial charge in [-0.1, -0.05) is 0 Å². The molecule has 2 aliphatic rings. The van der Waals surface area contributed by atoms with Crippen molar-refractivity contribution in [1.29, 1.82) is 0 Å². The molecule has 152 valence electrons. The van der Waals surface area contributed by atoms with Crippen molar-refractivity contribution in [1.82, 2.24) is 10.2 Å². The van der Waals surface area contributed by atoms with Crippen LogP contribution in [0.15, 0.2) is 18.2 Å². The molecular formula is C20H27N3O5. The number of hydrogen-bond acceptors (Lipinski definition) is 5. The first-order chi connectivity index (χ1) is 13.5. The third-order valence-electron chi connectivity index (χ3n) is 5.05. The van der Waals surface area contributed by atoms with Gasteiger partial charge in [-0.2, -0.15) is 0 Å². The first-order valence-corrected chi connectivity index (χ1v) is 9.78. The lowest BCUT2D eigenvalue weighted by molar-refractivity contribution is -0.125. The van der Waals surface area contributed by atoms with E-state index in [-0.39, 0.29) is 37.0 Å². The summed E-state index contributed by atoms with van der Waals surface area (Å²) in [5.74, 6) is -0.208. The van der Waals surface area contributed by atoms with Gasteiger partial charge in [-0.3, -0.25) is 19.3 Å². The van der Waals surface area contributed by atoms with E-state index in [0.717, 1.165) is 19.4 Å². The molecule has 1 fully saturated rings. The molecule has 0 aromatic heterocycles. The van der Waals surface area contributed by atoms with Crippen LogP contribution in [0.5, 0.6) is 5.75 Å². The van der Waals surface area contributed by atoms with Crippen molar-refractivity contribution in [2.45, 2.75) is 32.8 Å². The van der Waals surface area contributed by atoms with Crippen LogP contribution in [0.3, 0.4) is 0 Å². The van der Waals surface area contributed by atoms with Crippen LogP contribution in [0.4, 0.5) is 5.69 Å². The number of carbonyl (C=O) groups excluding carboxylic acids is 3. The Hall–Kier alpha value is -2.61. The van der Waals surface area contributed by atoms with Gasteiger partial charge in [-0.25, -0.2) is 0 Å². The average Bonchev–Trinajstić information content (AvgIpc) is 3.23. The fraction of sp³-hybridized carbons (Fsp3) is 0.550. The zero-order valence-corrected chi connectivity index (χ0v) is 16.4. The average molecular weight is 389 g/mol. The van der Waals surface area contributed by atoms with Gasteiger partial charge in [0.25, 0.3) is 11.8 Å². The highest BCUT2D eigenvalue weighted by molar-refractivity contribution is 6.04. The van der Waals surface area contributed by atoms with Crippen LogP contribution in [-0.4, -0.2) is 68.1 Å². The first-order valence-electron chi connectivity index (χ1n) is 9.78. The van der Waals surface area contributed by atoms with Crippen LogP contribution in [0.1, 0.15) is 37.0 Å². The molecule has 28 heavy (non-hydrogen) atoms. The number of rotatable bonds is 7. The third kappa shape index (κ3) is 4.44. The number of nitrogens with zero attached hydrogens (tertiary/aromatic N) is 2. The Bertz CT molecular complexity index is 741. The van der Waals surface area contributed by atoms with Gasteiger partial charge in [0, 0.05) is 31.8 Å². The molecule has 3 rings (SSSR count). The molecule has 0 aliphatic carbocycles. The molecule has 1 aromatic rings. The molecule has 8 heteroatoms. The number of anilines is 1. The number of carbonyl (C=O) groups is 3. The Morgan fingerprint density at radius 1 is 1.29 bits per heavy atom. The van der Waals surface area contributed by atoms with E-state index < -0.39 is 0 Å². The monoisotopic (exact) mass is 389 g/mol. The minimum atomic E-state index is -0.313. The minimum absolute atomic E-state index is 0.0370. The lowest BCUT2D eigenvalue weighted by Gasteiger charge is -2.30. The van der Waals surface area contributed by atoms with Crippen molar-refractivity contribution >= 4 is 23.4 Å². The second-order valence-electron chi connectivity index (χ2n) is 6.87. The SMILES string of the molecule is CCN(CC)C(=O)c1ccc2c(c1)N(CC(=O)NCC1CCCO1)C(=O)CO2. The van der Waals surface area contributed by atoms with Gasteiger partial charge in [0.2, 0.25) is 5.91 Å². The molecule has 8 nitrogen and oxygen atoms in total. The first kappa shape index (κ1) is 20.1. The number of amides is 3. The fourth-order valence-corrected chi connectivity index (χ4v) is 3.43. The molecule has 0 spiro atoms. The third-order valence-corrected chi connectivity index (χ3v) is 5.05. The fourth-order valence-electron chi connectivity index (χ4n) is 3.43. The van der Waals surface area contributed by atoms with Crippen LogP contribution < -0.4 is 15.0 Å². The molecule has 1 saturated heterocycles. The summed E-state index contributed by atoms with van der Waals surface area (Å²) < 4.78 is 11.0. The molecule has 0 saturated carbocycles. The van der Waals surface area contributed by atoms with Crippen molar-refractivity contribution in [3.05, 3.63) is 23.8 Å². The highest BCUT2D eigenvalue weighted by Gasteiger charge is 2.29. The molecule has 2 heterocycles. The van der Waals surface area contributed by atoms with E-state index in [0.29, 0.717) is 36.6 Å². The Kier molecular flexibility index (Phi) is 6.51. The quantitative estimate of drug-likeness (QED) is 0.757. The lowest BCUT2D eigenvalue weighted by Crippen LogP contribution is -2.46. The van der Waals surface area contributed by atoms with E-state index in [9.17, 15) is 14.4 Å². The van der Waals surface area contributed by atoms with E-state index in [1.807, 2.05) is 13.8 Å². The second kappa shape index (κ2) is 9.05. The van der Waals surface area contributed by atoms with E-state index >= 15 is 0 Å². The number of ether oxygens (including phenoxy) is 2. The van der Waals surface area contributed by atoms with Crippen LogP contribution in [-0.2, 0) is 14.3 Å². The van der Waals surface area contributed by atoms with E-state index in [1.54, 1.807) is 23.1 Å². The molecule has 2 aliphatic heterocycles. The number of hydrogen-bond donors (Lipinski definition) is 1. The van der Waals surface area contributed by atoms with Crippen LogP contribution >= 0.6 is 0 Å². The smallest absolute Gasteiger partial charge is 0.265 e. The molecule has 1 unspecified atom stereocenters. The number of benzene rings is 1. The Morgan fingerprint density at radius 2 is 2.07 bits per heavy atom. The summed E-state index contributed by atoms with van der Waals surface area (Å²) in [6, 6.07) is 4.99. The van der Waals surface area contributed by atoms with Gasteiger partial charge in [-0.05, 0) is 44.9 Å². The molecule has 1 aromatic carbocycles. The predicted molar refractivity (Wildman–Crippen MR) is 104 cm³/mol. The van der Waals surface area contributed by atoms with Crippen molar-refractivity contribution in [2.75, 3.05) is 44.3 Å². The Morgan fingerprint density at radius 3 is 2.75 bits per heavy atom. The maximum absolute atomic E-state index is 12.6. The predicted octanol–water partition coefficient (Wildman–Crippen LogP) is 1.19. The lowest BCUT2D eigenvalue weighted by atomic mass is 10.1. The summed E-state index contributed by atoms with van der Waals surface area (Å²) in [6.07, 6.45) is 1.96. The van der Waals surface area contributed by atoms with Crippen LogP contribution in [0, 0.1) is 0 Å². The van der Waals surface area contributed by atoms with Crippen molar-refractivity contribution < 1.29 is 23.9 Å². The largest absolute Gasteiger partial charge is 0.482 e. The van der Waals surface area contributed by atoms with E-state index in [1.165, 1.54) is 4.90 Å². The summed E-state index contributed by atoms with van der Waals surface area (Å²) in [5.41, 5.74) is 0.909. The molecular weight excluding hydrogens is 362 g/mol. The van der Waals surface area contributed by atoms with Crippen LogP contribution in [0.2, 0.25) is 0 Å². The maximum atomic E-state index is 12.6. The second-order valence-corrected chi connectivity index (χ2v) is 6.87. The van der Waals surface area contributed by atoms with Gasteiger partial charge >= 0.3 is 0 Å². The highest BCUT2D eigenvalue weighted by atomic mass is 16.5. The van der Waals surface area contributed by atoms with Crippen molar-refractivity contribution in [2.24, 2.45) is 0 Å². The van der Waals surface area contributed by atoms with Gasteiger partial charge in [0.05, 0.1) is 11.8 Å². The zero-order valence-electron chi connectivity index (χ0n) is 16.4. The van der Waals surface area contributed by atoms with Crippen LogP contribution in [0.25, 0.3) is 0 Å². The van der Waals surface area contributed by atoms with Gasteiger partial charge in [-0.15, -0.1) is 0 Å². The minimum Gasteiger partial charge on any atom is -0.482 e. The summed E-state index contributed by atoms with van der Waals surface area (Å²) in [5, 5.41) is 2.82. The molecule has 0 radical (unpaired) electrons. The molecule has 1 N–H and O–H groups in total. The Balaban J connectivity index is 1.73. The maximum Gasteiger partial charge on any atom is 0.265 e. The summed E-state index contributed by atoms with van der Waals surface area (Å²) in [7, 11) is 0.